The molecule has 10 nitrogen and oxygen atoms in total. The van der Waals surface area contributed by atoms with Gasteiger partial charge in [-0.2, -0.15) is 9.97 Å². The van der Waals surface area contributed by atoms with Crippen LogP contribution in [0.15, 0.2) is 53.7 Å². The van der Waals surface area contributed by atoms with E-state index in [4.69, 9.17) is 4.98 Å². The van der Waals surface area contributed by atoms with Crippen LogP contribution in [0.1, 0.15) is 38.2 Å². The number of imidazole rings is 1. The molecule has 1 saturated carbocycles. The first-order chi connectivity index (χ1) is 18.2. The first-order valence-electron chi connectivity index (χ1n) is 12.6. The molecule has 38 heavy (non-hydrogen) atoms. The van der Waals surface area contributed by atoms with E-state index in [1.165, 1.54) is 12.1 Å². The molecule has 1 fully saturated rings. The molecule has 0 aliphatic heterocycles. The first kappa shape index (κ1) is 25.9. The molecule has 0 atom stereocenters. The molecule has 0 saturated heterocycles. The molecule has 0 amide bonds. The molecule has 1 aliphatic carbocycles. The van der Waals surface area contributed by atoms with Gasteiger partial charge in [0.25, 0.3) is 10.0 Å². The van der Waals surface area contributed by atoms with Crippen molar-refractivity contribution >= 4 is 44.3 Å². The Labute approximate surface area is 220 Å². The van der Waals surface area contributed by atoms with Crippen molar-refractivity contribution in [2.45, 2.75) is 63.1 Å². The molecule has 0 unspecified atom stereocenters. The van der Waals surface area contributed by atoms with Crippen molar-refractivity contribution in [2.24, 2.45) is 0 Å². The second-order valence-corrected chi connectivity index (χ2v) is 11.1. The fourth-order valence-electron chi connectivity index (χ4n) is 4.56. The second kappa shape index (κ2) is 10.5. The molecule has 2 aromatic heterocycles. The van der Waals surface area contributed by atoms with E-state index in [0.29, 0.717) is 46.4 Å². The van der Waals surface area contributed by atoms with Gasteiger partial charge in [-0.3, -0.25) is 4.72 Å². The Morgan fingerprint density at radius 1 is 1.05 bits per heavy atom. The van der Waals surface area contributed by atoms with Gasteiger partial charge in [-0.1, -0.05) is 6.07 Å². The van der Waals surface area contributed by atoms with Crippen molar-refractivity contribution in [1.29, 1.82) is 0 Å². The number of benzene rings is 2. The van der Waals surface area contributed by atoms with Gasteiger partial charge in [0, 0.05) is 24.0 Å². The smallest absolute Gasteiger partial charge is 0.262 e. The Morgan fingerprint density at radius 3 is 2.47 bits per heavy atom. The van der Waals surface area contributed by atoms with E-state index in [9.17, 15) is 17.9 Å². The molecule has 2 heterocycles. The predicted molar refractivity (Wildman–Crippen MR) is 145 cm³/mol. The van der Waals surface area contributed by atoms with Crippen LogP contribution < -0.4 is 15.4 Å². The number of anilines is 4. The van der Waals surface area contributed by atoms with Gasteiger partial charge in [-0.05, 0) is 81.5 Å². The summed E-state index contributed by atoms with van der Waals surface area (Å²) in [5.41, 5.74) is 2.77. The number of aliphatic hydroxyl groups excluding tert-OH is 1. The Hall–Kier alpha value is -3.77. The number of aromatic nitrogens is 4. The first-order valence-corrected chi connectivity index (χ1v) is 14.0. The molecule has 200 valence electrons. The predicted octanol–water partition coefficient (Wildman–Crippen LogP) is 4.55. The average Bonchev–Trinajstić information content (AvgIpc) is 3.31. The minimum absolute atomic E-state index is 0.109. The SMILES string of the molecule is CCn1cnc2c(Nc3ccc(NS(=O)(=O)c4cc(F)ccc4C)cc3)nc(NC3CCC(O)CC3)nc21. The van der Waals surface area contributed by atoms with Gasteiger partial charge in [0.05, 0.1) is 17.3 Å². The average molecular weight is 540 g/mol. The number of sulfonamides is 1. The highest BCUT2D eigenvalue weighted by Crippen LogP contribution is 2.28. The van der Waals surface area contributed by atoms with E-state index < -0.39 is 15.8 Å². The summed E-state index contributed by atoms with van der Waals surface area (Å²) < 4.78 is 43.7. The highest BCUT2D eigenvalue weighted by molar-refractivity contribution is 7.92. The van der Waals surface area contributed by atoms with E-state index in [1.54, 1.807) is 37.5 Å². The quantitative estimate of drug-likeness (QED) is 0.256. The zero-order chi connectivity index (χ0) is 26.9. The molecule has 0 spiro atoms. The Morgan fingerprint density at radius 2 is 1.76 bits per heavy atom. The van der Waals surface area contributed by atoms with Crippen molar-refractivity contribution < 1.29 is 17.9 Å². The Bertz CT molecular complexity index is 1550. The Balaban J connectivity index is 1.37. The maximum Gasteiger partial charge on any atom is 0.262 e. The monoisotopic (exact) mass is 539 g/mol. The van der Waals surface area contributed by atoms with E-state index in [2.05, 4.69) is 25.3 Å². The van der Waals surface area contributed by atoms with Crippen LogP contribution in [0.3, 0.4) is 0 Å². The topological polar surface area (TPSA) is 134 Å². The van der Waals surface area contributed by atoms with Crippen molar-refractivity contribution in [3.05, 3.63) is 60.2 Å². The third-order valence-corrected chi connectivity index (χ3v) is 8.20. The molecule has 2 aromatic carbocycles. The van der Waals surface area contributed by atoms with E-state index in [0.717, 1.165) is 31.7 Å². The largest absolute Gasteiger partial charge is 0.393 e. The maximum atomic E-state index is 13.7. The fraction of sp³-hybridized carbons (Fsp3) is 0.346. The van der Waals surface area contributed by atoms with Gasteiger partial charge in [0.2, 0.25) is 5.95 Å². The molecular weight excluding hydrogens is 509 g/mol. The molecule has 12 heteroatoms. The van der Waals surface area contributed by atoms with Crippen LogP contribution in [0.5, 0.6) is 0 Å². The van der Waals surface area contributed by atoms with Gasteiger partial charge in [-0.25, -0.2) is 17.8 Å². The number of rotatable bonds is 8. The third-order valence-electron chi connectivity index (χ3n) is 6.67. The number of aliphatic hydroxyl groups is 1. The van der Waals surface area contributed by atoms with Gasteiger partial charge >= 0.3 is 0 Å². The summed E-state index contributed by atoms with van der Waals surface area (Å²) in [5.74, 6) is 0.378. The normalized spacial score (nSPS) is 17.9. The molecule has 4 aromatic rings. The van der Waals surface area contributed by atoms with Crippen molar-refractivity contribution in [3.63, 3.8) is 0 Å². The minimum atomic E-state index is -3.96. The number of nitrogens with zero attached hydrogens (tertiary/aromatic N) is 4. The number of fused-ring (bicyclic) bond motifs is 1. The third kappa shape index (κ3) is 5.55. The van der Waals surface area contributed by atoms with Crippen LogP contribution in [0, 0.1) is 12.7 Å². The Kier molecular flexibility index (Phi) is 7.17. The summed E-state index contributed by atoms with van der Waals surface area (Å²) in [6.45, 7) is 4.32. The van der Waals surface area contributed by atoms with E-state index >= 15 is 0 Å². The maximum absolute atomic E-state index is 13.7. The van der Waals surface area contributed by atoms with E-state index in [1.807, 2.05) is 11.5 Å². The summed E-state index contributed by atoms with van der Waals surface area (Å²) in [4.78, 5) is 13.7. The molecule has 1 aliphatic rings. The summed E-state index contributed by atoms with van der Waals surface area (Å²) >= 11 is 0. The van der Waals surface area contributed by atoms with Gasteiger partial charge < -0.3 is 20.3 Å². The summed E-state index contributed by atoms with van der Waals surface area (Å²) in [6, 6.07) is 10.5. The van der Waals surface area contributed by atoms with Crippen molar-refractivity contribution in [1.82, 2.24) is 19.5 Å². The fourth-order valence-corrected chi connectivity index (χ4v) is 5.88. The second-order valence-electron chi connectivity index (χ2n) is 9.47. The van der Waals surface area contributed by atoms with Crippen molar-refractivity contribution in [2.75, 3.05) is 15.4 Å². The van der Waals surface area contributed by atoms with Crippen LogP contribution in [0.2, 0.25) is 0 Å². The molecule has 4 N–H and O–H groups in total. The zero-order valence-corrected chi connectivity index (χ0v) is 22.0. The number of hydrogen-bond donors (Lipinski definition) is 4. The lowest BCUT2D eigenvalue weighted by Gasteiger charge is -2.26. The van der Waals surface area contributed by atoms with Crippen LogP contribution >= 0.6 is 0 Å². The van der Waals surface area contributed by atoms with Crippen LogP contribution in [-0.2, 0) is 16.6 Å². The number of hydrogen-bond acceptors (Lipinski definition) is 8. The highest BCUT2D eigenvalue weighted by Gasteiger charge is 2.22. The lowest BCUT2D eigenvalue weighted by Crippen LogP contribution is -2.29. The van der Waals surface area contributed by atoms with Crippen LogP contribution in [-0.4, -0.2) is 45.2 Å². The molecule has 0 bridgehead atoms. The molecule has 5 rings (SSSR count). The van der Waals surface area contributed by atoms with Gasteiger partial charge in [0.15, 0.2) is 17.0 Å². The molecule has 0 radical (unpaired) electrons. The van der Waals surface area contributed by atoms with Gasteiger partial charge in [-0.15, -0.1) is 0 Å². The molecular formula is C26H30FN7O3S. The van der Waals surface area contributed by atoms with Crippen LogP contribution in [0.4, 0.5) is 27.5 Å². The van der Waals surface area contributed by atoms with E-state index in [-0.39, 0.29) is 17.0 Å². The zero-order valence-electron chi connectivity index (χ0n) is 21.1. The summed E-state index contributed by atoms with van der Waals surface area (Å²) in [7, 11) is -3.96. The number of nitrogens with one attached hydrogen (secondary N) is 3. The minimum Gasteiger partial charge on any atom is -0.393 e. The summed E-state index contributed by atoms with van der Waals surface area (Å²) in [6.07, 6.45) is 4.63. The lowest BCUT2D eigenvalue weighted by atomic mass is 9.93. The lowest BCUT2D eigenvalue weighted by molar-refractivity contribution is 0.126. The van der Waals surface area contributed by atoms with Crippen LogP contribution in [0.25, 0.3) is 11.2 Å². The van der Waals surface area contributed by atoms with Gasteiger partial charge in [0.1, 0.15) is 5.82 Å². The number of halogens is 1. The summed E-state index contributed by atoms with van der Waals surface area (Å²) in [5, 5.41) is 16.5. The highest BCUT2D eigenvalue weighted by atomic mass is 32.2. The number of aryl methyl sites for hydroxylation is 2. The van der Waals surface area contributed by atoms with Crippen molar-refractivity contribution in [3.8, 4) is 0 Å². The standard InChI is InChI=1S/C26H30FN7O3S/c1-3-34-15-28-23-24(31-26(32-25(23)34)30-19-10-12-21(35)13-11-19)29-18-6-8-20(9-7-18)33-38(36,37)22-14-17(27)5-4-16(22)2/h4-9,14-15,19,21,33,35H,3,10-13H2,1-2H3,(H2,29,30,31,32).